The fourth-order valence-electron chi connectivity index (χ4n) is 5.43. The lowest BCUT2D eigenvalue weighted by Crippen LogP contribution is -2.54. The van der Waals surface area contributed by atoms with E-state index in [0.717, 1.165) is 10.8 Å². The average molecular weight is 600 g/mol. The van der Waals surface area contributed by atoms with Gasteiger partial charge < -0.3 is 19.5 Å². The molecule has 4 atom stereocenters. The van der Waals surface area contributed by atoms with Crippen LogP contribution in [0.25, 0.3) is 10.8 Å². The van der Waals surface area contributed by atoms with E-state index >= 15 is 0 Å². The summed E-state index contributed by atoms with van der Waals surface area (Å²) in [5.74, 6) is -1.15. The van der Waals surface area contributed by atoms with E-state index in [1.165, 1.54) is 4.90 Å². The lowest BCUT2D eigenvalue weighted by Gasteiger charge is -2.29. The number of hydrogen-bond acceptors (Lipinski definition) is 9. The van der Waals surface area contributed by atoms with Gasteiger partial charge in [0.05, 0.1) is 18.9 Å². The Morgan fingerprint density at radius 3 is 2.57 bits per heavy atom. The van der Waals surface area contributed by atoms with Crippen LogP contribution in [-0.4, -0.2) is 84.0 Å². The van der Waals surface area contributed by atoms with Crippen LogP contribution in [0.3, 0.4) is 0 Å². The maximum Gasteiger partial charge on any atom is 0.411 e. The molecule has 1 aromatic carbocycles. The molecule has 1 N–H and O–H groups in total. The summed E-state index contributed by atoms with van der Waals surface area (Å²) < 4.78 is 42.3. The lowest BCUT2D eigenvalue weighted by molar-refractivity contribution is -0.130. The second-order valence-electron chi connectivity index (χ2n) is 12.3. The number of rotatable bonds is 10. The van der Waals surface area contributed by atoms with Gasteiger partial charge in [-0.15, -0.1) is 6.58 Å². The predicted octanol–water partition coefficient (Wildman–Crippen LogP) is 3.21. The molecule has 0 radical (unpaired) electrons. The first-order valence-corrected chi connectivity index (χ1v) is 15.8. The fraction of sp³-hybridized carbons (Fsp3) is 0.533. The van der Waals surface area contributed by atoms with Crippen molar-refractivity contribution in [2.45, 2.75) is 75.0 Å². The van der Waals surface area contributed by atoms with Crippen molar-refractivity contribution >= 4 is 38.4 Å². The van der Waals surface area contributed by atoms with Gasteiger partial charge in [-0.25, -0.2) is 18.2 Å². The van der Waals surface area contributed by atoms with Gasteiger partial charge in [0.25, 0.3) is 0 Å². The summed E-state index contributed by atoms with van der Waals surface area (Å²) in [5.41, 5.74) is -2.18. The molecule has 1 saturated heterocycles. The van der Waals surface area contributed by atoms with Crippen LogP contribution >= 0.6 is 0 Å². The minimum absolute atomic E-state index is 0.0448. The van der Waals surface area contributed by atoms with Gasteiger partial charge in [-0.3, -0.25) is 14.5 Å². The van der Waals surface area contributed by atoms with Crippen molar-refractivity contribution in [3.8, 4) is 11.6 Å². The molecule has 1 aromatic heterocycles. The smallest absolute Gasteiger partial charge is 0.411 e. The summed E-state index contributed by atoms with van der Waals surface area (Å²) in [6.45, 7) is 8.98. The molecular weight excluding hydrogens is 562 g/mol. The highest BCUT2D eigenvalue weighted by Crippen LogP contribution is 2.46. The van der Waals surface area contributed by atoms with Crippen LogP contribution < -0.4 is 14.8 Å². The summed E-state index contributed by atoms with van der Waals surface area (Å²) in [7, 11) is -2.00. The van der Waals surface area contributed by atoms with Crippen molar-refractivity contribution in [2.24, 2.45) is 5.92 Å². The first kappa shape index (κ1) is 29.8. The van der Waals surface area contributed by atoms with Gasteiger partial charge in [0.1, 0.15) is 34.8 Å². The van der Waals surface area contributed by atoms with Crippen molar-refractivity contribution in [1.82, 2.24) is 15.2 Å². The largest absolute Gasteiger partial charge is 0.497 e. The number of methoxy groups -OCH3 is 1. The van der Waals surface area contributed by atoms with Crippen LogP contribution in [0.4, 0.5) is 4.79 Å². The molecule has 2 heterocycles. The Balaban J connectivity index is 1.37. The van der Waals surface area contributed by atoms with Crippen molar-refractivity contribution < 1.29 is 37.0 Å². The number of nitrogens with one attached hydrogen (secondary N) is 1. The third-order valence-corrected chi connectivity index (χ3v) is 10.1. The number of hydrogen-bond donors (Lipinski definition) is 1. The van der Waals surface area contributed by atoms with Gasteiger partial charge in [-0.05, 0) is 69.7 Å². The summed E-state index contributed by atoms with van der Waals surface area (Å²) in [6.07, 6.45) is 3.32. The van der Waals surface area contributed by atoms with Gasteiger partial charge in [0.15, 0.2) is 15.6 Å². The van der Waals surface area contributed by atoms with Crippen LogP contribution in [0.1, 0.15) is 46.5 Å². The van der Waals surface area contributed by atoms with Crippen molar-refractivity contribution in [3.63, 3.8) is 0 Å². The Hall–Kier alpha value is -3.67. The number of aromatic nitrogens is 1. The van der Waals surface area contributed by atoms with E-state index in [2.05, 4.69) is 16.9 Å². The first-order valence-electron chi connectivity index (χ1n) is 14.0. The molecule has 12 heteroatoms. The SMILES string of the molecule is C=C[C@@H]1C[C@]1(NC(=O)[C@@H]1C[C@@H](Oc2nccc3cc(OC)ccc23)CN1C(=O)OC(C)(C)C)C(=O)CS(=O)(=O)C1CC1. The highest BCUT2D eigenvalue weighted by atomic mass is 32.2. The summed E-state index contributed by atoms with van der Waals surface area (Å²) in [4.78, 5) is 46.0. The minimum atomic E-state index is -3.58. The molecule has 42 heavy (non-hydrogen) atoms. The molecule has 0 spiro atoms. The molecule has 2 saturated carbocycles. The number of carbonyl (C=O) groups is 3. The number of nitrogens with zero attached hydrogens (tertiary/aromatic N) is 2. The number of Topliss-reactive ketones (excluding diaryl/α,β-unsaturated/α-hetero) is 1. The van der Waals surface area contributed by atoms with E-state index in [4.69, 9.17) is 14.2 Å². The number of ketones is 1. The first-order chi connectivity index (χ1) is 19.8. The van der Waals surface area contributed by atoms with Crippen LogP contribution in [-0.2, 0) is 24.2 Å². The summed E-state index contributed by atoms with van der Waals surface area (Å²) in [6, 6.07) is 6.28. The molecule has 2 amide bonds. The monoisotopic (exact) mass is 599 g/mol. The zero-order valence-corrected chi connectivity index (χ0v) is 25.1. The number of amides is 2. The van der Waals surface area contributed by atoms with E-state index in [1.54, 1.807) is 46.2 Å². The van der Waals surface area contributed by atoms with Gasteiger partial charge in [-0.1, -0.05) is 6.08 Å². The molecule has 2 aliphatic carbocycles. The highest BCUT2D eigenvalue weighted by Gasteiger charge is 2.61. The maximum absolute atomic E-state index is 13.8. The lowest BCUT2D eigenvalue weighted by atomic mass is 10.1. The Morgan fingerprint density at radius 1 is 1.21 bits per heavy atom. The third-order valence-electron chi connectivity index (χ3n) is 7.91. The van der Waals surface area contributed by atoms with E-state index in [0.29, 0.717) is 24.5 Å². The molecule has 3 fully saturated rings. The van der Waals surface area contributed by atoms with Gasteiger partial charge in [0, 0.05) is 23.9 Å². The second-order valence-corrected chi connectivity index (χ2v) is 14.5. The number of carbonyl (C=O) groups excluding carboxylic acids is 3. The Bertz CT molecular complexity index is 1530. The highest BCUT2D eigenvalue weighted by molar-refractivity contribution is 7.93. The minimum Gasteiger partial charge on any atom is -0.497 e. The molecule has 3 aliphatic rings. The van der Waals surface area contributed by atoms with Crippen molar-refractivity contribution in [2.75, 3.05) is 19.4 Å². The Morgan fingerprint density at radius 2 is 1.95 bits per heavy atom. The van der Waals surface area contributed by atoms with E-state index in [9.17, 15) is 22.8 Å². The van der Waals surface area contributed by atoms with Crippen molar-refractivity contribution in [3.05, 3.63) is 43.1 Å². The summed E-state index contributed by atoms with van der Waals surface area (Å²) in [5, 5.41) is 3.90. The number of fused-ring (bicyclic) bond motifs is 1. The van der Waals surface area contributed by atoms with Crippen LogP contribution in [0.5, 0.6) is 11.6 Å². The fourth-order valence-corrected chi connectivity index (χ4v) is 7.14. The van der Waals surface area contributed by atoms with E-state index in [-0.39, 0.29) is 19.4 Å². The molecule has 0 bridgehead atoms. The van der Waals surface area contributed by atoms with Crippen molar-refractivity contribution in [1.29, 1.82) is 0 Å². The Kier molecular flexibility index (Phi) is 7.71. The maximum atomic E-state index is 13.8. The zero-order chi connectivity index (χ0) is 30.4. The number of pyridine rings is 1. The predicted molar refractivity (Wildman–Crippen MR) is 155 cm³/mol. The number of likely N-dealkylation sites (tertiary alicyclic amines) is 1. The molecule has 2 aromatic rings. The second kappa shape index (κ2) is 10.9. The third kappa shape index (κ3) is 6.08. The molecule has 5 rings (SSSR count). The van der Waals surface area contributed by atoms with E-state index < -0.39 is 67.8 Å². The molecule has 11 nitrogen and oxygen atoms in total. The average Bonchev–Trinajstić information content (AvgIpc) is 3.84. The van der Waals surface area contributed by atoms with Gasteiger partial charge in [-0.2, -0.15) is 0 Å². The molecule has 0 unspecified atom stereocenters. The van der Waals surface area contributed by atoms with Gasteiger partial charge in [0.2, 0.25) is 11.8 Å². The standard InChI is InChI=1S/C30H37N3O8S/c1-6-19-15-30(19,25(34)17-42(37,38)22-8-9-22)32-26(35)24-14-21(16-33(24)28(36)41-29(2,3)4)40-27-23-10-7-20(39-5)13-18(23)11-12-31-27/h6-7,10-13,19,21-22,24H,1,8-9,14-17H2,2-5H3,(H,32,35)/t19-,21-,24+,30-/m1/s1. The quantitative estimate of drug-likeness (QED) is 0.408. The van der Waals surface area contributed by atoms with Crippen LogP contribution in [0.2, 0.25) is 0 Å². The zero-order valence-electron chi connectivity index (χ0n) is 24.3. The van der Waals surface area contributed by atoms with Gasteiger partial charge >= 0.3 is 6.09 Å². The topological polar surface area (TPSA) is 141 Å². The molecule has 226 valence electrons. The summed E-state index contributed by atoms with van der Waals surface area (Å²) >= 11 is 0. The number of sulfone groups is 1. The normalized spacial score (nSPS) is 25.5. The number of benzene rings is 1. The molecule has 1 aliphatic heterocycles. The van der Waals surface area contributed by atoms with Crippen LogP contribution in [0.15, 0.2) is 43.1 Å². The Labute approximate surface area is 245 Å². The van der Waals surface area contributed by atoms with Crippen LogP contribution in [0, 0.1) is 5.92 Å². The number of ether oxygens (including phenoxy) is 3. The van der Waals surface area contributed by atoms with E-state index in [1.807, 2.05) is 18.2 Å². The molecular formula is C30H37N3O8S.